The van der Waals surface area contributed by atoms with Gasteiger partial charge in [-0.3, -0.25) is 0 Å². The topological polar surface area (TPSA) is 0 Å². The van der Waals surface area contributed by atoms with Crippen molar-refractivity contribution in [2.75, 3.05) is 0 Å². The van der Waals surface area contributed by atoms with Gasteiger partial charge in [0.2, 0.25) is 0 Å². The molecule has 0 amide bonds. The van der Waals surface area contributed by atoms with E-state index in [1.165, 1.54) is 38.5 Å². The Hall–Kier alpha value is 0. The monoisotopic (exact) mass is 250 g/mol. The molecule has 6 atom stereocenters. The fraction of sp³-hybridized carbons (Fsp3) is 1.00. The van der Waals surface area contributed by atoms with Crippen LogP contribution < -0.4 is 0 Å². The molecule has 0 aliphatic heterocycles. The van der Waals surface area contributed by atoms with Crippen LogP contribution in [0.15, 0.2) is 0 Å². The first kappa shape index (κ1) is 14.4. The summed E-state index contributed by atoms with van der Waals surface area (Å²) in [5, 5.41) is 0. The van der Waals surface area contributed by atoms with Gasteiger partial charge in [0.1, 0.15) is 0 Å². The predicted molar refractivity (Wildman–Crippen MR) is 80.5 cm³/mol. The van der Waals surface area contributed by atoms with Gasteiger partial charge in [-0.05, 0) is 54.3 Å². The highest BCUT2D eigenvalue weighted by atomic mass is 14.5. The Balaban J connectivity index is 2.28. The van der Waals surface area contributed by atoms with E-state index >= 15 is 0 Å². The Bertz CT molecular complexity index is 247. The van der Waals surface area contributed by atoms with Crippen LogP contribution in [-0.4, -0.2) is 0 Å². The van der Waals surface area contributed by atoms with Crippen molar-refractivity contribution in [1.82, 2.24) is 0 Å². The van der Waals surface area contributed by atoms with Gasteiger partial charge in [-0.15, -0.1) is 0 Å². The van der Waals surface area contributed by atoms with Crippen molar-refractivity contribution in [2.45, 2.75) is 73.1 Å². The van der Waals surface area contributed by atoms with Gasteiger partial charge in [0, 0.05) is 0 Å². The van der Waals surface area contributed by atoms with E-state index in [4.69, 9.17) is 0 Å². The van der Waals surface area contributed by atoms with Crippen molar-refractivity contribution < 1.29 is 0 Å². The quantitative estimate of drug-likeness (QED) is 0.596. The minimum Gasteiger partial charge on any atom is -0.0651 e. The third-order valence-electron chi connectivity index (χ3n) is 6.48. The Labute approximate surface area is 115 Å². The first-order chi connectivity index (χ1) is 8.61. The highest BCUT2D eigenvalue weighted by Crippen LogP contribution is 2.55. The molecule has 0 nitrogen and oxygen atoms in total. The molecule has 2 saturated carbocycles. The first-order valence-corrected chi connectivity index (χ1v) is 8.61. The summed E-state index contributed by atoms with van der Waals surface area (Å²) in [7, 11) is 0. The maximum absolute atomic E-state index is 2.58. The van der Waals surface area contributed by atoms with Gasteiger partial charge in [-0.25, -0.2) is 0 Å². The third kappa shape index (κ3) is 2.37. The van der Waals surface area contributed by atoms with E-state index in [1.54, 1.807) is 0 Å². The summed E-state index contributed by atoms with van der Waals surface area (Å²) in [5.74, 6) is 7.01. The van der Waals surface area contributed by atoms with Crippen LogP contribution in [0.2, 0.25) is 0 Å². The summed E-state index contributed by atoms with van der Waals surface area (Å²) in [6, 6.07) is 0. The molecular weight excluding hydrogens is 216 g/mol. The maximum Gasteiger partial charge on any atom is -0.0329 e. The minimum atomic E-state index is 0.891. The van der Waals surface area contributed by atoms with Gasteiger partial charge >= 0.3 is 0 Å². The van der Waals surface area contributed by atoms with Crippen molar-refractivity contribution in [1.29, 1.82) is 0 Å². The molecule has 0 aromatic carbocycles. The lowest BCUT2D eigenvalue weighted by molar-refractivity contribution is -0.0577. The van der Waals surface area contributed by atoms with Crippen LogP contribution in [-0.2, 0) is 0 Å². The third-order valence-corrected chi connectivity index (χ3v) is 6.48. The van der Waals surface area contributed by atoms with Gasteiger partial charge in [0.15, 0.2) is 0 Å². The molecule has 0 aromatic rings. The van der Waals surface area contributed by atoms with Crippen molar-refractivity contribution >= 4 is 0 Å². The van der Waals surface area contributed by atoms with Crippen LogP contribution in [0.4, 0.5) is 0 Å². The summed E-state index contributed by atoms with van der Waals surface area (Å²) in [6.45, 7) is 12.4. The lowest BCUT2D eigenvalue weighted by Crippen LogP contribution is -2.48. The average Bonchev–Trinajstić information content (AvgIpc) is 2.38. The number of fused-ring (bicyclic) bond motifs is 1. The highest BCUT2D eigenvalue weighted by Gasteiger charge is 2.48. The van der Waals surface area contributed by atoms with E-state index in [0.717, 1.165) is 41.4 Å². The Morgan fingerprint density at radius 1 is 0.889 bits per heavy atom. The summed E-state index contributed by atoms with van der Waals surface area (Å²) in [4.78, 5) is 0. The zero-order valence-corrected chi connectivity index (χ0v) is 13.3. The van der Waals surface area contributed by atoms with Gasteiger partial charge in [-0.1, -0.05) is 60.3 Å². The predicted octanol–water partition coefficient (Wildman–Crippen LogP) is 5.77. The molecule has 0 radical (unpaired) electrons. The summed E-state index contributed by atoms with van der Waals surface area (Å²) in [6.07, 6.45) is 8.89. The Kier molecular flexibility index (Phi) is 4.78. The normalized spacial score (nSPS) is 45.0. The van der Waals surface area contributed by atoms with Gasteiger partial charge in [0.25, 0.3) is 0 Å². The Morgan fingerprint density at radius 3 is 1.94 bits per heavy atom. The number of rotatable bonds is 3. The van der Waals surface area contributed by atoms with E-state index in [0.29, 0.717) is 0 Å². The Morgan fingerprint density at radius 2 is 1.44 bits per heavy atom. The molecule has 106 valence electrons. The van der Waals surface area contributed by atoms with Gasteiger partial charge < -0.3 is 0 Å². The molecule has 2 aliphatic rings. The zero-order valence-electron chi connectivity index (χ0n) is 13.3. The van der Waals surface area contributed by atoms with Crippen LogP contribution in [0.1, 0.15) is 73.1 Å². The van der Waals surface area contributed by atoms with Gasteiger partial charge in [-0.2, -0.15) is 0 Å². The molecule has 2 fully saturated rings. The van der Waals surface area contributed by atoms with E-state index in [-0.39, 0.29) is 0 Å². The molecule has 2 aliphatic carbocycles. The van der Waals surface area contributed by atoms with Crippen molar-refractivity contribution in [3.8, 4) is 0 Å². The highest BCUT2D eigenvalue weighted by molar-refractivity contribution is 4.96. The second-order valence-electron chi connectivity index (χ2n) is 7.44. The summed E-state index contributed by atoms with van der Waals surface area (Å²) >= 11 is 0. The second kappa shape index (κ2) is 5.97. The number of hydrogen-bond acceptors (Lipinski definition) is 0. The molecule has 2 rings (SSSR count). The first-order valence-electron chi connectivity index (χ1n) is 8.61. The van der Waals surface area contributed by atoms with Crippen LogP contribution in [0.3, 0.4) is 0 Å². The fourth-order valence-corrected chi connectivity index (χ4v) is 5.87. The zero-order chi connectivity index (χ0) is 13.3. The molecule has 0 saturated heterocycles. The standard InChI is InChI=1S/C18H34/c1-6-14-13(5)16-10-8-9-11-17(16)18(12(3)4)15(14)7-2/h12-18H,6-11H2,1-5H3. The molecule has 0 N–H and O–H groups in total. The molecule has 0 heterocycles. The van der Waals surface area contributed by atoms with Crippen molar-refractivity contribution in [3.63, 3.8) is 0 Å². The second-order valence-corrected chi connectivity index (χ2v) is 7.44. The average molecular weight is 250 g/mol. The molecule has 18 heavy (non-hydrogen) atoms. The van der Waals surface area contributed by atoms with Crippen LogP contribution in [0, 0.1) is 41.4 Å². The maximum atomic E-state index is 2.58. The van der Waals surface area contributed by atoms with Crippen molar-refractivity contribution in [3.05, 3.63) is 0 Å². The lowest BCUT2D eigenvalue weighted by atomic mass is 9.51. The molecule has 6 unspecified atom stereocenters. The molecule has 0 bridgehead atoms. The molecule has 0 aromatic heterocycles. The minimum absolute atomic E-state index is 0.891. The molecule has 0 heteroatoms. The summed E-state index contributed by atoms with van der Waals surface area (Å²) < 4.78 is 0. The lowest BCUT2D eigenvalue weighted by Gasteiger charge is -2.54. The van der Waals surface area contributed by atoms with Crippen LogP contribution in [0.25, 0.3) is 0 Å². The number of hydrogen-bond donors (Lipinski definition) is 0. The molecular formula is C18H34. The fourth-order valence-electron chi connectivity index (χ4n) is 5.87. The van der Waals surface area contributed by atoms with E-state index in [2.05, 4.69) is 34.6 Å². The largest absolute Gasteiger partial charge is 0.0651 e. The summed E-state index contributed by atoms with van der Waals surface area (Å²) in [5.41, 5.74) is 0. The smallest absolute Gasteiger partial charge is 0.0329 e. The SMILES string of the molecule is CCC1C(C)C2CCCCC2C(C(C)C)C1CC. The van der Waals surface area contributed by atoms with Crippen LogP contribution >= 0.6 is 0 Å². The molecule has 0 spiro atoms. The van der Waals surface area contributed by atoms with Crippen molar-refractivity contribution in [2.24, 2.45) is 41.4 Å². The van der Waals surface area contributed by atoms with E-state index in [1.807, 2.05) is 0 Å². The van der Waals surface area contributed by atoms with Gasteiger partial charge in [0.05, 0.1) is 0 Å². The van der Waals surface area contributed by atoms with E-state index < -0.39 is 0 Å². The van der Waals surface area contributed by atoms with E-state index in [9.17, 15) is 0 Å². The van der Waals surface area contributed by atoms with Crippen LogP contribution in [0.5, 0.6) is 0 Å².